The van der Waals surface area contributed by atoms with Gasteiger partial charge < -0.3 is 14.3 Å². The summed E-state index contributed by atoms with van der Waals surface area (Å²) >= 11 is 3.11. The number of rotatable bonds is 5. The molecule has 0 unspecified atom stereocenters. The van der Waals surface area contributed by atoms with Crippen molar-refractivity contribution in [2.75, 3.05) is 6.61 Å². The number of furan rings is 1. The fourth-order valence-corrected chi connectivity index (χ4v) is 1.86. The number of aromatic hydroxyl groups is 1. The van der Waals surface area contributed by atoms with Crippen molar-refractivity contribution in [1.82, 2.24) is 5.43 Å². The number of phenolic OH excluding ortho intramolecular Hbond substituents is 1. The number of halogens is 1. The zero-order valence-electron chi connectivity index (χ0n) is 11.2. The van der Waals surface area contributed by atoms with Crippen LogP contribution >= 0.6 is 15.9 Å². The smallest absolute Gasteiger partial charge is 0.307 e. The van der Waals surface area contributed by atoms with Crippen LogP contribution in [0.2, 0.25) is 0 Å². The van der Waals surface area contributed by atoms with Gasteiger partial charge in [-0.25, -0.2) is 5.43 Å². The zero-order valence-corrected chi connectivity index (χ0v) is 12.8. The molecule has 2 rings (SSSR count). The number of hydrazone groups is 1. The lowest BCUT2D eigenvalue weighted by atomic mass is 10.2. The molecule has 1 amide bonds. The number of benzene rings is 1. The van der Waals surface area contributed by atoms with E-state index in [0.29, 0.717) is 22.6 Å². The van der Waals surface area contributed by atoms with Gasteiger partial charge in [0, 0.05) is 0 Å². The summed E-state index contributed by atoms with van der Waals surface area (Å²) in [5, 5.41) is 13.5. The molecule has 110 valence electrons. The molecule has 0 aliphatic rings. The third-order valence-corrected chi connectivity index (χ3v) is 2.89. The molecule has 0 atom stereocenters. The second-order valence-electron chi connectivity index (χ2n) is 3.96. The molecule has 2 aromatic rings. The van der Waals surface area contributed by atoms with Gasteiger partial charge in [0.2, 0.25) is 0 Å². The quantitative estimate of drug-likeness (QED) is 0.640. The minimum Gasteiger partial charge on any atom is -0.504 e. The number of hydrogen-bond donors (Lipinski definition) is 2. The number of nitrogens with zero attached hydrogens (tertiary/aromatic N) is 1. The van der Waals surface area contributed by atoms with Gasteiger partial charge in [-0.2, -0.15) is 5.10 Å². The minimum atomic E-state index is -0.466. The van der Waals surface area contributed by atoms with E-state index in [1.54, 1.807) is 18.2 Å². The van der Waals surface area contributed by atoms with E-state index in [4.69, 9.17) is 9.15 Å². The fourth-order valence-electron chi connectivity index (χ4n) is 1.55. The van der Waals surface area contributed by atoms with Crippen molar-refractivity contribution in [2.45, 2.75) is 6.92 Å². The lowest BCUT2D eigenvalue weighted by molar-refractivity contribution is 0.0926. The van der Waals surface area contributed by atoms with Crippen LogP contribution in [0.15, 0.2) is 44.5 Å². The van der Waals surface area contributed by atoms with Gasteiger partial charge >= 0.3 is 5.91 Å². The Morgan fingerprint density at radius 1 is 1.48 bits per heavy atom. The molecule has 0 aliphatic heterocycles. The predicted octanol–water partition coefficient (Wildman–Crippen LogP) is 2.91. The molecule has 0 aliphatic carbocycles. The van der Waals surface area contributed by atoms with Crippen LogP contribution in [0.4, 0.5) is 0 Å². The number of carbonyl (C=O) groups is 1. The van der Waals surface area contributed by atoms with Crippen molar-refractivity contribution >= 4 is 28.1 Å². The number of amides is 1. The van der Waals surface area contributed by atoms with Gasteiger partial charge in [-0.05, 0) is 58.7 Å². The van der Waals surface area contributed by atoms with Gasteiger partial charge in [-0.1, -0.05) is 0 Å². The van der Waals surface area contributed by atoms with Crippen molar-refractivity contribution in [3.05, 3.63) is 46.3 Å². The molecule has 6 nitrogen and oxygen atoms in total. The summed E-state index contributed by atoms with van der Waals surface area (Å²) in [5.74, 6) is 0.0990. The monoisotopic (exact) mass is 352 g/mol. The van der Waals surface area contributed by atoms with E-state index in [0.717, 1.165) is 0 Å². The van der Waals surface area contributed by atoms with Crippen LogP contribution in [0.25, 0.3) is 0 Å². The van der Waals surface area contributed by atoms with E-state index in [1.165, 1.54) is 18.3 Å². The average molecular weight is 353 g/mol. The Balaban J connectivity index is 1.98. The standard InChI is InChI=1S/C14H13BrN2O4/c1-2-20-11-4-3-9(7-10(11)18)8-16-17-14(19)12-5-6-13(15)21-12/h3-8,18H,2H2,1H3,(H,17,19)/b16-8-. The molecule has 2 N–H and O–H groups in total. The Bertz CT molecular complexity index is 667. The van der Waals surface area contributed by atoms with Crippen LogP contribution in [0.5, 0.6) is 11.5 Å². The topological polar surface area (TPSA) is 84.1 Å². The number of nitrogens with one attached hydrogen (secondary N) is 1. The van der Waals surface area contributed by atoms with Gasteiger partial charge in [0.1, 0.15) is 0 Å². The molecule has 0 radical (unpaired) electrons. The van der Waals surface area contributed by atoms with E-state index in [9.17, 15) is 9.90 Å². The van der Waals surface area contributed by atoms with Crippen molar-refractivity contribution in [2.24, 2.45) is 5.10 Å². The summed E-state index contributed by atoms with van der Waals surface area (Å²) in [6, 6.07) is 7.97. The van der Waals surface area contributed by atoms with E-state index in [1.807, 2.05) is 6.92 Å². The molecule has 7 heteroatoms. The number of carbonyl (C=O) groups excluding carboxylic acids is 1. The first-order valence-electron chi connectivity index (χ1n) is 6.14. The molecule has 1 aromatic heterocycles. The minimum absolute atomic E-state index is 0.0158. The Hall–Kier alpha value is -2.28. The molecular weight excluding hydrogens is 340 g/mol. The van der Waals surface area contributed by atoms with Crippen molar-refractivity contribution in [1.29, 1.82) is 0 Å². The van der Waals surface area contributed by atoms with Crippen molar-refractivity contribution < 1.29 is 19.1 Å². The van der Waals surface area contributed by atoms with E-state index in [2.05, 4.69) is 26.5 Å². The molecule has 1 heterocycles. The molecule has 0 bridgehead atoms. The highest BCUT2D eigenvalue weighted by Crippen LogP contribution is 2.26. The van der Waals surface area contributed by atoms with Crippen LogP contribution in [0, 0.1) is 0 Å². The molecule has 0 saturated heterocycles. The van der Waals surface area contributed by atoms with E-state index < -0.39 is 5.91 Å². The first-order chi connectivity index (χ1) is 10.1. The van der Waals surface area contributed by atoms with Gasteiger partial charge in [0.25, 0.3) is 0 Å². The maximum atomic E-state index is 11.6. The first-order valence-corrected chi connectivity index (χ1v) is 6.94. The van der Waals surface area contributed by atoms with Crippen LogP contribution in [-0.4, -0.2) is 23.8 Å². The summed E-state index contributed by atoms with van der Waals surface area (Å²) < 4.78 is 10.8. The molecule has 1 aromatic carbocycles. The van der Waals surface area contributed by atoms with Crippen LogP contribution < -0.4 is 10.2 Å². The molecule has 0 fully saturated rings. The number of phenols is 1. The van der Waals surface area contributed by atoms with Crippen molar-refractivity contribution in [3.8, 4) is 11.5 Å². The highest BCUT2D eigenvalue weighted by molar-refractivity contribution is 9.10. The number of hydrogen-bond acceptors (Lipinski definition) is 5. The maximum absolute atomic E-state index is 11.6. The van der Waals surface area contributed by atoms with Crippen molar-refractivity contribution in [3.63, 3.8) is 0 Å². The molecule has 0 spiro atoms. The molecule has 21 heavy (non-hydrogen) atoms. The largest absolute Gasteiger partial charge is 0.504 e. The first kappa shape index (κ1) is 15.1. The number of ether oxygens (including phenoxy) is 1. The van der Waals surface area contributed by atoms with E-state index in [-0.39, 0.29) is 11.5 Å². The highest BCUT2D eigenvalue weighted by atomic mass is 79.9. The van der Waals surface area contributed by atoms with Crippen LogP contribution in [0.3, 0.4) is 0 Å². The lowest BCUT2D eigenvalue weighted by Crippen LogP contribution is -2.16. The van der Waals surface area contributed by atoms with Gasteiger partial charge in [-0.3, -0.25) is 4.79 Å². The third kappa shape index (κ3) is 4.09. The fraction of sp³-hybridized carbons (Fsp3) is 0.143. The summed E-state index contributed by atoms with van der Waals surface area (Å²) in [7, 11) is 0. The normalized spacial score (nSPS) is 10.8. The summed E-state index contributed by atoms with van der Waals surface area (Å²) in [5.41, 5.74) is 2.95. The van der Waals surface area contributed by atoms with E-state index >= 15 is 0 Å². The van der Waals surface area contributed by atoms with Crippen LogP contribution in [0.1, 0.15) is 23.0 Å². The maximum Gasteiger partial charge on any atom is 0.307 e. The average Bonchev–Trinajstić information content (AvgIpc) is 2.88. The highest BCUT2D eigenvalue weighted by Gasteiger charge is 2.08. The summed E-state index contributed by atoms with van der Waals surface area (Å²) in [6.45, 7) is 2.30. The third-order valence-electron chi connectivity index (χ3n) is 2.46. The van der Waals surface area contributed by atoms with Gasteiger partial charge in [-0.15, -0.1) is 0 Å². The summed E-state index contributed by atoms with van der Waals surface area (Å²) in [6.07, 6.45) is 1.41. The molecule has 0 saturated carbocycles. The SMILES string of the molecule is CCOc1ccc(/C=N\NC(=O)c2ccc(Br)o2)cc1O. The predicted molar refractivity (Wildman–Crippen MR) is 80.7 cm³/mol. The van der Waals surface area contributed by atoms with Crippen LogP contribution in [-0.2, 0) is 0 Å². The zero-order chi connectivity index (χ0) is 15.2. The summed E-state index contributed by atoms with van der Waals surface area (Å²) in [4.78, 5) is 11.6. The second kappa shape index (κ2) is 6.94. The van der Waals surface area contributed by atoms with Gasteiger partial charge in [0.05, 0.1) is 12.8 Å². The Kier molecular flexibility index (Phi) is 4.99. The Labute approximate surface area is 129 Å². The Morgan fingerprint density at radius 3 is 2.90 bits per heavy atom. The molecular formula is C14H13BrN2O4. The lowest BCUT2D eigenvalue weighted by Gasteiger charge is -2.05. The Morgan fingerprint density at radius 2 is 2.29 bits per heavy atom. The van der Waals surface area contributed by atoms with Gasteiger partial charge in [0.15, 0.2) is 21.9 Å². The second-order valence-corrected chi connectivity index (χ2v) is 4.74.